The SMILES string of the molecule is O=C(NC1CCN(c2ccccc2F)C1=O)c1ccc2ccccc2n1. The van der Waals surface area contributed by atoms with Crippen LogP contribution in [0.2, 0.25) is 0 Å². The van der Waals surface area contributed by atoms with Crippen molar-refractivity contribution in [3.63, 3.8) is 0 Å². The Balaban J connectivity index is 1.51. The molecule has 26 heavy (non-hydrogen) atoms. The molecule has 1 saturated heterocycles. The number of para-hydroxylation sites is 2. The van der Waals surface area contributed by atoms with Gasteiger partial charge in [0, 0.05) is 11.9 Å². The summed E-state index contributed by atoms with van der Waals surface area (Å²) in [5.74, 6) is -1.18. The molecule has 1 atom stereocenters. The molecule has 0 spiro atoms. The van der Waals surface area contributed by atoms with E-state index < -0.39 is 17.8 Å². The van der Waals surface area contributed by atoms with E-state index >= 15 is 0 Å². The van der Waals surface area contributed by atoms with E-state index in [1.54, 1.807) is 24.3 Å². The Hall–Kier alpha value is -3.28. The molecule has 5 nitrogen and oxygen atoms in total. The lowest BCUT2D eigenvalue weighted by Crippen LogP contribution is -2.42. The molecular formula is C20H16FN3O2. The minimum absolute atomic E-state index is 0.234. The average molecular weight is 349 g/mol. The third-order valence-electron chi connectivity index (χ3n) is 4.49. The molecule has 0 aliphatic carbocycles. The second kappa shape index (κ2) is 6.55. The number of fused-ring (bicyclic) bond motifs is 1. The second-order valence-corrected chi connectivity index (χ2v) is 6.15. The van der Waals surface area contributed by atoms with Crippen LogP contribution >= 0.6 is 0 Å². The predicted molar refractivity (Wildman–Crippen MR) is 96.4 cm³/mol. The molecule has 1 unspecified atom stereocenters. The number of halogens is 1. The molecule has 130 valence electrons. The fraction of sp³-hybridized carbons (Fsp3) is 0.150. The molecule has 3 aromatic rings. The molecule has 1 N–H and O–H groups in total. The van der Waals surface area contributed by atoms with E-state index in [0.717, 1.165) is 5.39 Å². The Bertz CT molecular complexity index is 1010. The van der Waals surface area contributed by atoms with Gasteiger partial charge in [-0.2, -0.15) is 0 Å². The highest BCUT2D eigenvalue weighted by Crippen LogP contribution is 2.24. The minimum Gasteiger partial charge on any atom is -0.339 e. The Morgan fingerprint density at radius 2 is 1.85 bits per heavy atom. The molecule has 6 heteroatoms. The van der Waals surface area contributed by atoms with E-state index in [9.17, 15) is 14.0 Å². The number of hydrogen-bond donors (Lipinski definition) is 1. The van der Waals surface area contributed by atoms with E-state index in [1.165, 1.54) is 11.0 Å². The van der Waals surface area contributed by atoms with Gasteiger partial charge in [0.2, 0.25) is 5.91 Å². The topological polar surface area (TPSA) is 62.3 Å². The number of anilines is 1. The lowest BCUT2D eigenvalue weighted by molar-refractivity contribution is -0.118. The van der Waals surface area contributed by atoms with Gasteiger partial charge in [-0.15, -0.1) is 0 Å². The standard InChI is InChI=1S/C20H16FN3O2/c21-14-6-2-4-8-18(14)24-12-11-17(20(24)26)23-19(25)16-10-9-13-5-1-3-7-15(13)22-16/h1-10,17H,11-12H2,(H,23,25). The van der Waals surface area contributed by atoms with E-state index in [2.05, 4.69) is 10.3 Å². The summed E-state index contributed by atoms with van der Waals surface area (Å²) >= 11 is 0. The van der Waals surface area contributed by atoms with Crippen molar-refractivity contribution < 1.29 is 14.0 Å². The summed E-state index contributed by atoms with van der Waals surface area (Å²) in [5, 5.41) is 3.65. The number of hydrogen-bond acceptors (Lipinski definition) is 3. The summed E-state index contributed by atoms with van der Waals surface area (Å²) in [7, 11) is 0. The lowest BCUT2D eigenvalue weighted by Gasteiger charge is -2.17. The quantitative estimate of drug-likeness (QED) is 0.791. The van der Waals surface area contributed by atoms with Gasteiger partial charge in [-0.05, 0) is 30.7 Å². The first-order chi connectivity index (χ1) is 12.6. The molecule has 0 saturated carbocycles. The highest BCUT2D eigenvalue weighted by atomic mass is 19.1. The summed E-state index contributed by atoms with van der Waals surface area (Å²) < 4.78 is 13.9. The van der Waals surface area contributed by atoms with Gasteiger partial charge < -0.3 is 10.2 Å². The maximum atomic E-state index is 13.9. The maximum absolute atomic E-state index is 13.9. The molecular weight excluding hydrogens is 333 g/mol. The van der Waals surface area contributed by atoms with Gasteiger partial charge >= 0.3 is 0 Å². The Morgan fingerprint density at radius 3 is 2.69 bits per heavy atom. The zero-order valence-electron chi connectivity index (χ0n) is 13.9. The van der Waals surface area contributed by atoms with E-state index in [4.69, 9.17) is 0 Å². The first kappa shape index (κ1) is 16.2. The molecule has 1 aliphatic rings. The number of rotatable bonds is 3. The van der Waals surface area contributed by atoms with Gasteiger partial charge in [-0.3, -0.25) is 9.59 Å². The van der Waals surface area contributed by atoms with Gasteiger partial charge in [0.05, 0.1) is 11.2 Å². The lowest BCUT2D eigenvalue weighted by atomic mass is 10.2. The first-order valence-electron chi connectivity index (χ1n) is 8.36. The largest absolute Gasteiger partial charge is 0.339 e. The van der Waals surface area contributed by atoms with E-state index in [-0.39, 0.29) is 17.3 Å². The monoisotopic (exact) mass is 349 g/mol. The van der Waals surface area contributed by atoms with Gasteiger partial charge in [0.25, 0.3) is 5.91 Å². The van der Waals surface area contributed by atoms with Crippen molar-refractivity contribution in [1.29, 1.82) is 0 Å². The van der Waals surface area contributed by atoms with Crippen LogP contribution < -0.4 is 10.2 Å². The number of nitrogens with zero attached hydrogens (tertiary/aromatic N) is 2. The van der Waals surface area contributed by atoms with Crippen LogP contribution in [-0.2, 0) is 4.79 Å². The highest BCUT2D eigenvalue weighted by Gasteiger charge is 2.35. The van der Waals surface area contributed by atoms with Crippen molar-refractivity contribution in [3.05, 3.63) is 72.2 Å². The van der Waals surface area contributed by atoms with Crippen LogP contribution in [-0.4, -0.2) is 29.4 Å². The van der Waals surface area contributed by atoms with Crippen molar-refractivity contribution >= 4 is 28.4 Å². The number of benzene rings is 2. The third kappa shape index (κ3) is 2.90. The third-order valence-corrected chi connectivity index (χ3v) is 4.49. The molecule has 2 amide bonds. The zero-order valence-corrected chi connectivity index (χ0v) is 13.9. The van der Waals surface area contributed by atoms with Crippen molar-refractivity contribution in [3.8, 4) is 0 Å². The van der Waals surface area contributed by atoms with Crippen LogP contribution in [0.3, 0.4) is 0 Å². The number of amides is 2. The molecule has 4 rings (SSSR count). The summed E-state index contributed by atoms with van der Waals surface area (Å²) in [6.07, 6.45) is 0.423. The average Bonchev–Trinajstić information content (AvgIpc) is 3.02. The minimum atomic E-state index is -0.685. The van der Waals surface area contributed by atoms with Gasteiger partial charge in [-0.1, -0.05) is 36.4 Å². The van der Waals surface area contributed by atoms with Crippen molar-refractivity contribution in [2.24, 2.45) is 0 Å². The summed E-state index contributed by atoms with van der Waals surface area (Å²) in [6, 6.07) is 16.4. The maximum Gasteiger partial charge on any atom is 0.270 e. The number of carbonyl (C=O) groups is 2. The fourth-order valence-corrected chi connectivity index (χ4v) is 3.15. The van der Waals surface area contributed by atoms with Crippen molar-refractivity contribution in [1.82, 2.24) is 10.3 Å². The number of pyridine rings is 1. The molecule has 1 aromatic heterocycles. The molecule has 1 aliphatic heterocycles. The molecule has 0 radical (unpaired) electrons. The van der Waals surface area contributed by atoms with Crippen LogP contribution in [0.25, 0.3) is 10.9 Å². The van der Waals surface area contributed by atoms with E-state index in [0.29, 0.717) is 18.5 Å². The Labute approximate surface area is 149 Å². The predicted octanol–water partition coefficient (Wildman–Crippen LogP) is 2.91. The molecule has 2 heterocycles. The zero-order chi connectivity index (χ0) is 18.1. The number of carbonyl (C=O) groups excluding carboxylic acids is 2. The Kier molecular flexibility index (Phi) is 4.08. The number of aromatic nitrogens is 1. The Morgan fingerprint density at radius 1 is 1.08 bits per heavy atom. The van der Waals surface area contributed by atoms with Gasteiger partial charge in [0.15, 0.2) is 0 Å². The van der Waals surface area contributed by atoms with E-state index in [1.807, 2.05) is 30.3 Å². The van der Waals surface area contributed by atoms with Crippen LogP contribution in [0.15, 0.2) is 60.7 Å². The fourth-order valence-electron chi connectivity index (χ4n) is 3.15. The van der Waals surface area contributed by atoms with Crippen LogP contribution in [0.5, 0.6) is 0 Å². The molecule has 0 bridgehead atoms. The second-order valence-electron chi connectivity index (χ2n) is 6.15. The van der Waals surface area contributed by atoms with Crippen LogP contribution in [0, 0.1) is 5.82 Å². The highest BCUT2D eigenvalue weighted by molar-refractivity contribution is 6.03. The number of nitrogens with one attached hydrogen (secondary N) is 1. The molecule has 2 aromatic carbocycles. The van der Waals surface area contributed by atoms with Crippen LogP contribution in [0.1, 0.15) is 16.9 Å². The summed E-state index contributed by atoms with van der Waals surface area (Å²) in [4.78, 5) is 30.7. The van der Waals surface area contributed by atoms with Gasteiger partial charge in [-0.25, -0.2) is 9.37 Å². The normalized spacial score (nSPS) is 16.9. The smallest absolute Gasteiger partial charge is 0.270 e. The van der Waals surface area contributed by atoms with Crippen LogP contribution in [0.4, 0.5) is 10.1 Å². The first-order valence-corrected chi connectivity index (χ1v) is 8.36. The van der Waals surface area contributed by atoms with Crippen molar-refractivity contribution in [2.45, 2.75) is 12.5 Å². The van der Waals surface area contributed by atoms with Gasteiger partial charge in [0.1, 0.15) is 17.6 Å². The summed E-state index contributed by atoms with van der Waals surface area (Å²) in [5.41, 5.74) is 1.20. The summed E-state index contributed by atoms with van der Waals surface area (Å²) in [6.45, 7) is 0.357. The van der Waals surface area contributed by atoms with Crippen molar-refractivity contribution in [2.75, 3.05) is 11.4 Å². The molecule has 1 fully saturated rings.